The van der Waals surface area contributed by atoms with Crippen LogP contribution >= 0.6 is 0 Å². The molecule has 1 atom stereocenters. The molecule has 1 saturated heterocycles. The van der Waals surface area contributed by atoms with Crippen LogP contribution in [0.1, 0.15) is 51.4 Å². The van der Waals surface area contributed by atoms with E-state index in [1.807, 2.05) is 0 Å². The third-order valence-corrected chi connectivity index (χ3v) is 4.25. The maximum atomic E-state index is 12.4. The van der Waals surface area contributed by atoms with Crippen LogP contribution in [-0.4, -0.2) is 47.1 Å². The molecule has 1 unspecified atom stereocenters. The van der Waals surface area contributed by atoms with Crippen LogP contribution in [0.4, 0.5) is 0 Å². The number of carbonyl (C=O) groups is 1. The molecule has 114 valence electrons. The molecule has 1 heterocycles. The number of hydrogen-bond donors (Lipinski definition) is 2. The SMILES string of the molecule is NC(CN(C(=O)CCC1CCCO1)C1CCCC1)=NO. The molecule has 0 spiro atoms. The van der Waals surface area contributed by atoms with Crippen LogP contribution in [0, 0.1) is 0 Å². The molecular weight excluding hydrogens is 258 g/mol. The molecule has 0 bridgehead atoms. The molecule has 20 heavy (non-hydrogen) atoms. The number of ether oxygens (including phenoxy) is 1. The van der Waals surface area contributed by atoms with E-state index >= 15 is 0 Å². The number of nitrogens with two attached hydrogens (primary N) is 1. The van der Waals surface area contributed by atoms with E-state index in [-0.39, 0.29) is 30.4 Å². The van der Waals surface area contributed by atoms with Gasteiger partial charge in [0.15, 0.2) is 5.84 Å². The van der Waals surface area contributed by atoms with Crippen LogP contribution in [0.2, 0.25) is 0 Å². The average molecular weight is 283 g/mol. The number of amides is 1. The minimum Gasteiger partial charge on any atom is -0.409 e. The largest absolute Gasteiger partial charge is 0.409 e. The van der Waals surface area contributed by atoms with E-state index in [1.165, 1.54) is 0 Å². The smallest absolute Gasteiger partial charge is 0.223 e. The summed E-state index contributed by atoms with van der Waals surface area (Å²) in [6.45, 7) is 1.04. The lowest BCUT2D eigenvalue weighted by Crippen LogP contribution is -2.44. The van der Waals surface area contributed by atoms with Gasteiger partial charge in [0.25, 0.3) is 0 Å². The van der Waals surface area contributed by atoms with Crippen LogP contribution in [0.25, 0.3) is 0 Å². The molecule has 1 saturated carbocycles. The van der Waals surface area contributed by atoms with E-state index in [9.17, 15) is 4.79 Å². The maximum absolute atomic E-state index is 12.4. The molecule has 6 nitrogen and oxygen atoms in total. The van der Waals surface area contributed by atoms with Crippen molar-refractivity contribution in [3.05, 3.63) is 0 Å². The summed E-state index contributed by atoms with van der Waals surface area (Å²) in [5.41, 5.74) is 5.58. The number of nitrogens with zero attached hydrogens (tertiary/aromatic N) is 2. The zero-order valence-corrected chi connectivity index (χ0v) is 12.0. The molecule has 2 rings (SSSR count). The van der Waals surface area contributed by atoms with Gasteiger partial charge in [-0.05, 0) is 32.1 Å². The van der Waals surface area contributed by atoms with Crippen LogP contribution < -0.4 is 5.73 Å². The Balaban J connectivity index is 1.88. The average Bonchev–Trinajstić information content (AvgIpc) is 3.14. The lowest BCUT2D eigenvalue weighted by molar-refractivity contribution is -0.133. The summed E-state index contributed by atoms with van der Waals surface area (Å²) in [6, 6.07) is 0.243. The molecule has 6 heteroatoms. The molecule has 2 fully saturated rings. The lowest BCUT2D eigenvalue weighted by atomic mass is 10.1. The summed E-state index contributed by atoms with van der Waals surface area (Å²) in [7, 11) is 0. The first kappa shape index (κ1) is 15.1. The first-order valence-electron chi connectivity index (χ1n) is 7.58. The number of rotatable bonds is 6. The van der Waals surface area contributed by atoms with Crippen LogP contribution in [0.3, 0.4) is 0 Å². The predicted octanol–water partition coefficient (Wildman–Crippen LogP) is 1.46. The van der Waals surface area contributed by atoms with E-state index in [0.717, 1.165) is 51.6 Å². The molecule has 1 aliphatic carbocycles. The van der Waals surface area contributed by atoms with E-state index in [2.05, 4.69) is 5.16 Å². The van der Waals surface area contributed by atoms with Crippen molar-refractivity contribution in [2.24, 2.45) is 10.9 Å². The van der Waals surface area contributed by atoms with Crippen LogP contribution in [0.5, 0.6) is 0 Å². The zero-order valence-electron chi connectivity index (χ0n) is 12.0. The summed E-state index contributed by atoms with van der Waals surface area (Å²) in [5.74, 6) is 0.196. The second-order valence-corrected chi connectivity index (χ2v) is 5.72. The van der Waals surface area contributed by atoms with Crippen LogP contribution in [-0.2, 0) is 9.53 Å². The fraction of sp³-hybridized carbons (Fsp3) is 0.857. The Hall–Kier alpha value is -1.30. The minimum absolute atomic E-state index is 0.0963. The Kier molecular flexibility index (Phi) is 5.64. The summed E-state index contributed by atoms with van der Waals surface area (Å²) in [4.78, 5) is 14.2. The second-order valence-electron chi connectivity index (χ2n) is 5.72. The topological polar surface area (TPSA) is 88.2 Å². The molecule has 0 aromatic carbocycles. The van der Waals surface area contributed by atoms with Gasteiger partial charge in [-0.3, -0.25) is 4.79 Å². The molecule has 0 radical (unpaired) electrons. The highest BCUT2D eigenvalue weighted by Gasteiger charge is 2.28. The molecule has 1 aliphatic heterocycles. The number of hydrogen-bond acceptors (Lipinski definition) is 4. The Labute approximate surface area is 119 Å². The van der Waals surface area contributed by atoms with Gasteiger partial charge in [0.2, 0.25) is 5.91 Å². The van der Waals surface area contributed by atoms with Gasteiger partial charge in [0.05, 0.1) is 12.6 Å². The van der Waals surface area contributed by atoms with Crippen molar-refractivity contribution in [3.8, 4) is 0 Å². The minimum atomic E-state index is 0.0963. The zero-order chi connectivity index (χ0) is 14.4. The van der Waals surface area contributed by atoms with Gasteiger partial charge < -0.3 is 20.6 Å². The monoisotopic (exact) mass is 283 g/mol. The van der Waals surface area contributed by atoms with Crippen molar-refractivity contribution in [3.63, 3.8) is 0 Å². The van der Waals surface area contributed by atoms with Gasteiger partial charge in [0.1, 0.15) is 0 Å². The molecule has 0 aromatic rings. The molecular formula is C14H25N3O3. The Morgan fingerprint density at radius 3 is 2.65 bits per heavy atom. The Bertz CT molecular complexity index is 348. The van der Waals surface area contributed by atoms with E-state index in [4.69, 9.17) is 15.7 Å². The van der Waals surface area contributed by atoms with Gasteiger partial charge in [-0.15, -0.1) is 0 Å². The fourth-order valence-electron chi connectivity index (χ4n) is 3.14. The quantitative estimate of drug-likeness (QED) is 0.334. The van der Waals surface area contributed by atoms with Crippen LogP contribution in [0.15, 0.2) is 5.16 Å². The highest BCUT2D eigenvalue weighted by atomic mass is 16.5. The third-order valence-electron chi connectivity index (χ3n) is 4.25. The number of amidine groups is 1. The standard InChI is InChI=1S/C14H25N3O3/c15-13(16-19)10-17(11-4-1-2-5-11)14(18)8-7-12-6-3-9-20-12/h11-12,19H,1-10H2,(H2,15,16). The van der Waals surface area contributed by atoms with E-state index < -0.39 is 0 Å². The summed E-state index contributed by atoms with van der Waals surface area (Å²) in [5, 5.41) is 11.7. The highest BCUT2D eigenvalue weighted by molar-refractivity contribution is 5.87. The van der Waals surface area contributed by atoms with Gasteiger partial charge in [0, 0.05) is 19.1 Å². The summed E-state index contributed by atoms with van der Waals surface area (Å²) < 4.78 is 5.55. The van der Waals surface area contributed by atoms with Crippen molar-refractivity contribution in [1.82, 2.24) is 4.90 Å². The molecule has 2 aliphatic rings. The Morgan fingerprint density at radius 1 is 1.30 bits per heavy atom. The predicted molar refractivity (Wildman–Crippen MR) is 75.6 cm³/mol. The molecule has 0 aromatic heterocycles. The first-order valence-corrected chi connectivity index (χ1v) is 7.58. The maximum Gasteiger partial charge on any atom is 0.223 e. The van der Waals surface area contributed by atoms with E-state index in [0.29, 0.717) is 6.42 Å². The van der Waals surface area contributed by atoms with Crippen molar-refractivity contribution >= 4 is 11.7 Å². The number of carbonyl (C=O) groups excluding carboxylic acids is 1. The fourth-order valence-corrected chi connectivity index (χ4v) is 3.14. The van der Waals surface area contributed by atoms with Gasteiger partial charge in [-0.2, -0.15) is 0 Å². The Morgan fingerprint density at radius 2 is 2.05 bits per heavy atom. The van der Waals surface area contributed by atoms with Gasteiger partial charge in [-0.1, -0.05) is 18.0 Å². The summed E-state index contributed by atoms with van der Waals surface area (Å²) in [6.07, 6.45) is 7.97. The lowest BCUT2D eigenvalue weighted by Gasteiger charge is -2.29. The molecule has 3 N–H and O–H groups in total. The number of oxime groups is 1. The first-order chi connectivity index (χ1) is 9.70. The van der Waals surface area contributed by atoms with Crippen molar-refractivity contribution in [2.75, 3.05) is 13.2 Å². The third kappa shape index (κ3) is 4.10. The van der Waals surface area contributed by atoms with Gasteiger partial charge >= 0.3 is 0 Å². The van der Waals surface area contributed by atoms with Crippen molar-refractivity contribution in [1.29, 1.82) is 0 Å². The second kappa shape index (κ2) is 7.47. The van der Waals surface area contributed by atoms with Crippen molar-refractivity contribution < 1.29 is 14.7 Å². The highest BCUT2D eigenvalue weighted by Crippen LogP contribution is 2.25. The summed E-state index contributed by atoms with van der Waals surface area (Å²) >= 11 is 0. The van der Waals surface area contributed by atoms with Gasteiger partial charge in [-0.25, -0.2) is 0 Å². The van der Waals surface area contributed by atoms with Crippen molar-refractivity contribution in [2.45, 2.75) is 63.5 Å². The van der Waals surface area contributed by atoms with E-state index in [1.54, 1.807) is 4.90 Å². The normalized spacial score (nSPS) is 24.2. The molecule has 1 amide bonds.